The molecule has 2 rings (SSSR count). The minimum Gasteiger partial charge on any atom is -0.494 e. The predicted octanol–water partition coefficient (Wildman–Crippen LogP) is 7.12. The van der Waals surface area contributed by atoms with Gasteiger partial charge in [-0.2, -0.15) is 0 Å². The summed E-state index contributed by atoms with van der Waals surface area (Å²) in [7, 11) is 0. The van der Waals surface area contributed by atoms with Crippen molar-refractivity contribution >= 4 is 12.0 Å². The summed E-state index contributed by atoms with van der Waals surface area (Å²) in [6, 6.07) is 32.0. The Labute approximate surface area is 185 Å². The van der Waals surface area contributed by atoms with E-state index >= 15 is 0 Å². The number of carbonyl (C=O) groups is 1. The van der Waals surface area contributed by atoms with Crippen molar-refractivity contribution in [2.75, 3.05) is 6.61 Å². The first-order valence-corrected chi connectivity index (χ1v) is 10.6. The Balaban J connectivity index is 2.00. The molecule has 0 aliphatic carbocycles. The summed E-state index contributed by atoms with van der Waals surface area (Å²) >= 11 is 0. The monoisotopic (exact) mass is 414 g/mol. The zero-order valence-electron chi connectivity index (χ0n) is 18.0. The van der Waals surface area contributed by atoms with Crippen LogP contribution in [0.1, 0.15) is 31.7 Å². The van der Waals surface area contributed by atoms with Crippen molar-refractivity contribution in [2.24, 2.45) is 0 Å². The van der Waals surface area contributed by atoms with Crippen LogP contribution in [-0.4, -0.2) is 12.6 Å². The van der Waals surface area contributed by atoms with E-state index in [0.717, 1.165) is 24.3 Å². The van der Waals surface area contributed by atoms with Gasteiger partial charge in [0.05, 0.1) is 6.61 Å². The van der Waals surface area contributed by atoms with Gasteiger partial charge in [-0.1, -0.05) is 98.6 Å². The summed E-state index contributed by atoms with van der Waals surface area (Å²) in [5.41, 5.74) is 0.904. The standard InChI is InChI=1S/C28H30O3/c1-2-3-15-24-30-26-21-18-25(19-22-26)20-23-28(29)31-27-16-13-11-9-7-5-4-6-8-10-12-14-17-27/h4-14,16-23H,2-3,15,24H2,1H3. The van der Waals surface area contributed by atoms with Crippen LogP contribution in [0.15, 0.2) is 109 Å². The lowest BCUT2D eigenvalue weighted by molar-refractivity contribution is -0.128. The minimum absolute atomic E-state index is 0.437. The molecule has 0 saturated carbocycles. The second-order valence-corrected chi connectivity index (χ2v) is 6.73. The minimum atomic E-state index is -0.437. The van der Waals surface area contributed by atoms with Crippen molar-refractivity contribution in [3.8, 4) is 11.5 Å². The number of esters is 1. The third-order valence-corrected chi connectivity index (χ3v) is 4.16. The highest BCUT2D eigenvalue weighted by molar-refractivity contribution is 5.88. The highest BCUT2D eigenvalue weighted by Crippen LogP contribution is 2.14. The lowest BCUT2D eigenvalue weighted by Gasteiger charge is -2.05. The number of unbranched alkanes of at least 4 members (excludes halogenated alkanes) is 2. The fraction of sp³-hybridized carbons (Fsp3) is 0.179. The molecule has 0 atom stereocenters. The Kier molecular flexibility index (Phi) is 11.7. The fourth-order valence-corrected chi connectivity index (χ4v) is 2.53. The Morgan fingerprint density at radius 3 is 1.81 bits per heavy atom. The summed E-state index contributed by atoms with van der Waals surface area (Å²) in [5.74, 6) is 0.856. The molecule has 0 aliphatic rings. The van der Waals surface area contributed by atoms with Crippen LogP contribution in [0.5, 0.6) is 11.5 Å². The van der Waals surface area contributed by atoms with Crippen LogP contribution in [0.3, 0.4) is 0 Å². The van der Waals surface area contributed by atoms with Gasteiger partial charge in [0.25, 0.3) is 0 Å². The summed E-state index contributed by atoms with van der Waals surface area (Å²) in [4.78, 5) is 12.2. The van der Waals surface area contributed by atoms with Gasteiger partial charge in [-0.3, -0.25) is 0 Å². The van der Waals surface area contributed by atoms with Crippen molar-refractivity contribution in [2.45, 2.75) is 26.2 Å². The predicted molar refractivity (Wildman–Crippen MR) is 128 cm³/mol. The topological polar surface area (TPSA) is 35.5 Å². The molecule has 160 valence electrons. The Hall–Kier alpha value is -3.59. The number of benzene rings is 1. The van der Waals surface area contributed by atoms with Crippen LogP contribution in [0.4, 0.5) is 0 Å². The van der Waals surface area contributed by atoms with E-state index in [2.05, 4.69) is 6.92 Å². The number of ether oxygens (including phenoxy) is 2. The molecule has 0 spiro atoms. The van der Waals surface area contributed by atoms with Crippen molar-refractivity contribution in [1.82, 2.24) is 0 Å². The van der Waals surface area contributed by atoms with Crippen molar-refractivity contribution in [3.05, 3.63) is 115 Å². The van der Waals surface area contributed by atoms with Crippen LogP contribution in [-0.2, 0) is 4.79 Å². The van der Waals surface area contributed by atoms with Gasteiger partial charge in [-0.05, 0) is 42.3 Å². The number of carbonyl (C=O) groups excluding carboxylic acids is 1. The molecule has 0 heterocycles. The van der Waals surface area contributed by atoms with Crippen molar-refractivity contribution in [3.63, 3.8) is 0 Å². The third-order valence-electron chi connectivity index (χ3n) is 4.16. The van der Waals surface area contributed by atoms with Gasteiger partial charge >= 0.3 is 5.97 Å². The van der Waals surface area contributed by atoms with Crippen LogP contribution in [0.2, 0.25) is 0 Å². The molecular weight excluding hydrogens is 384 g/mol. The highest BCUT2D eigenvalue weighted by Gasteiger charge is 1.99. The molecule has 0 radical (unpaired) electrons. The van der Waals surface area contributed by atoms with Gasteiger partial charge in [0.1, 0.15) is 11.5 Å². The molecule has 3 heteroatoms. The maximum atomic E-state index is 12.2. The lowest BCUT2D eigenvalue weighted by Crippen LogP contribution is -2.02. The lowest BCUT2D eigenvalue weighted by atomic mass is 10.2. The van der Waals surface area contributed by atoms with Crippen molar-refractivity contribution < 1.29 is 14.3 Å². The average molecular weight is 415 g/mol. The second kappa shape index (κ2) is 15.3. The van der Waals surface area contributed by atoms with Crippen LogP contribution in [0, 0.1) is 0 Å². The Morgan fingerprint density at radius 1 is 0.710 bits per heavy atom. The normalized spacial score (nSPS) is 9.97. The van der Waals surface area contributed by atoms with Gasteiger partial charge in [-0.15, -0.1) is 0 Å². The molecule has 0 fully saturated rings. The van der Waals surface area contributed by atoms with Gasteiger partial charge in [-0.25, -0.2) is 4.79 Å². The zero-order chi connectivity index (χ0) is 22.0. The number of hydrogen-bond donors (Lipinski definition) is 0. The third kappa shape index (κ3) is 11.2. The summed E-state index contributed by atoms with van der Waals surface area (Å²) in [6.07, 6.45) is 6.56. The SMILES string of the molecule is CCCCCOc1ccc(C=CC(=O)Oc2ccccccccccccc2)cc1. The second-order valence-electron chi connectivity index (χ2n) is 6.73. The first-order valence-electron chi connectivity index (χ1n) is 10.6. The largest absolute Gasteiger partial charge is 0.494 e. The Bertz CT molecular complexity index is 895. The van der Waals surface area contributed by atoms with Gasteiger partial charge < -0.3 is 9.47 Å². The first-order chi connectivity index (χ1) is 15.3. The van der Waals surface area contributed by atoms with E-state index in [-0.39, 0.29) is 0 Å². The smallest absolute Gasteiger partial charge is 0.336 e. The van der Waals surface area contributed by atoms with E-state index < -0.39 is 5.97 Å². The van der Waals surface area contributed by atoms with Crippen molar-refractivity contribution in [1.29, 1.82) is 0 Å². The average Bonchev–Trinajstić information content (AvgIpc) is 2.78. The summed E-state index contributed by atoms with van der Waals surface area (Å²) < 4.78 is 11.2. The van der Waals surface area contributed by atoms with Gasteiger partial charge in [0, 0.05) is 6.08 Å². The molecule has 0 aromatic heterocycles. The van der Waals surface area contributed by atoms with E-state index in [1.54, 1.807) is 18.2 Å². The van der Waals surface area contributed by atoms with Crippen LogP contribution < -0.4 is 9.47 Å². The van der Waals surface area contributed by atoms with E-state index in [0.29, 0.717) is 5.75 Å². The van der Waals surface area contributed by atoms with Crippen LogP contribution >= 0.6 is 0 Å². The van der Waals surface area contributed by atoms with Gasteiger partial charge in [0.15, 0.2) is 0 Å². The quantitative estimate of drug-likeness (QED) is 0.262. The number of rotatable bonds is 8. The molecule has 0 amide bonds. The molecule has 2 aromatic carbocycles. The van der Waals surface area contributed by atoms with E-state index in [9.17, 15) is 4.79 Å². The number of hydrogen-bond acceptors (Lipinski definition) is 3. The molecule has 0 bridgehead atoms. The maximum Gasteiger partial charge on any atom is 0.336 e. The molecule has 0 unspecified atom stereocenters. The van der Waals surface area contributed by atoms with Gasteiger partial charge in [0.2, 0.25) is 0 Å². The van der Waals surface area contributed by atoms with Crippen LogP contribution in [0.25, 0.3) is 6.08 Å². The first kappa shape index (κ1) is 23.7. The summed E-state index contributed by atoms with van der Waals surface area (Å²) in [5, 5.41) is 0. The molecule has 0 aliphatic heterocycles. The maximum absolute atomic E-state index is 12.2. The van der Waals surface area contributed by atoms with E-state index in [1.807, 2.05) is 91.0 Å². The summed E-state index contributed by atoms with van der Waals surface area (Å²) in [6.45, 7) is 2.90. The fourth-order valence-electron chi connectivity index (χ4n) is 2.53. The molecule has 2 aromatic rings. The highest BCUT2D eigenvalue weighted by atomic mass is 16.5. The molecular formula is C28H30O3. The Morgan fingerprint density at radius 2 is 1.26 bits per heavy atom. The van der Waals surface area contributed by atoms with E-state index in [4.69, 9.17) is 9.47 Å². The zero-order valence-corrected chi connectivity index (χ0v) is 18.0. The molecule has 3 nitrogen and oxygen atoms in total. The molecule has 31 heavy (non-hydrogen) atoms. The molecule has 0 saturated heterocycles. The van der Waals surface area contributed by atoms with E-state index in [1.165, 1.54) is 18.9 Å². The molecule has 0 N–H and O–H groups in total.